The number of aromatic nitrogens is 3. The highest BCUT2D eigenvalue weighted by atomic mass is 32.1. The number of aryl methyl sites for hydroxylation is 1. The van der Waals surface area contributed by atoms with Crippen LogP contribution in [0.15, 0.2) is 18.2 Å². The summed E-state index contributed by atoms with van der Waals surface area (Å²) in [5, 5.41) is 6.56. The number of carbonyl (C=O) groups is 1. The van der Waals surface area contributed by atoms with Crippen molar-refractivity contribution in [2.24, 2.45) is 0 Å². The molecule has 1 aromatic heterocycles. The van der Waals surface area contributed by atoms with Crippen LogP contribution in [0.3, 0.4) is 0 Å². The molecule has 100 valence electrons. The van der Waals surface area contributed by atoms with Gasteiger partial charge in [-0.25, -0.2) is 14.7 Å². The Labute approximate surface area is 115 Å². The highest BCUT2D eigenvalue weighted by molar-refractivity contribution is 7.71. The SMILES string of the molecule is CCOC(=O)c1n[nH]n(-c2cc(C)ccc2N)c1=S. The summed E-state index contributed by atoms with van der Waals surface area (Å²) < 4.78 is 6.62. The molecular formula is C12H14N4O2S. The second-order valence-corrected chi connectivity index (χ2v) is 4.37. The van der Waals surface area contributed by atoms with Crippen molar-refractivity contribution in [1.29, 1.82) is 0 Å². The van der Waals surface area contributed by atoms with E-state index < -0.39 is 5.97 Å². The normalized spacial score (nSPS) is 10.4. The fourth-order valence-corrected chi connectivity index (χ4v) is 1.91. The van der Waals surface area contributed by atoms with E-state index in [0.717, 1.165) is 5.56 Å². The Morgan fingerprint density at radius 3 is 3.00 bits per heavy atom. The number of carbonyl (C=O) groups excluding carboxylic acids is 1. The largest absolute Gasteiger partial charge is 0.461 e. The number of ether oxygens (including phenoxy) is 1. The number of aromatic amines is 1. The predicted octanol–water partition coefficient (Wildman–Crippen LogP) is 2.00. The van der Waals surface area contributed by atoms with Gasteiger partial charge in [-0.15, -0.1) is 5.10 Å². The van der Waals surface area contributed by atoms with Gasteiger partial charge in [-0.3, -0.25) is 0 Å². The van der Waals surface area contributed by atoms with Crippen molar-refractivity contribution in [2.45, 2.75) is 13.8 Å². The van der Waals surface area contributed by atoms with Crippen LogP contribution in [0.25, 0.3) is 5.69 Å². The van der Waals surface area contributed by atoms with Gasteiger partial charge in [0.15, 0.2) is 4.64 Å². The van der Waals surface area contributed by atoms with Gasteiger partial charge in [0.05, 0.1) is 18.0 Å². The first-order valence-corrected chi connectivity index (χ1v) is 6.16. The van der Waals surface area contributed by atoms with Crippen LogP contribution in [-0.4, -0.2) is 27.6 Å². The van der Waals surface area contributed by atoms with Crippen LogP contribution < -0.4 is 5.73 Å². The molecule has 2 rings (SSSR count). The standard InChI is InChI=1S/C12H14N4O2S/c1-3-18-12(17)10-11(19)16(15-14-10)9-6-7(2)4-5-8(9)13/h4-6,15H,3,13H2,1-2H3. The van der Waals surface area contributed by atoms with Crippen LogP contribution in [0.5, 0.6) is 0 Å². The third kappa shape index (κ3) is 2.50. The average molecular weight is 278 g/mol. The van der Waals surface area contributed by atoms with Crippen molar-refractivity contribution < 1.29 is 9.53 Å². The van der Waals surface area contributed by atoms with Gasteiger partial charge in [0.2, 0.25) is 5.69 Å². The third-order valence-corrected chi connectivity index (χ3v) is 2.94. The third-order valence-electron chi connectivity index (χ3n) is 2.56. The van der Waals surface area contributed by atoms with E-state index in [1.54, 1.807) is 13.0 Å². The number of nitrogens with two attached hydrogens (primary N) is 1. The van der Waals surface area contributed by atoms with Crippen LogP contribution in [0.2, 0.25) is 0 Å². The Morgan fingerprint density at radius 2 is 2.32 bits per heavy atom. The van der Waals surface area contributed by atoms with E-state index in [2.05, 4.69) is 10.3 Å². The van der Waals surface area contributed by atoms with Gasteiger partial charge in [-0.2, -0.15) is 0 Å². The highest BCUT2D eigenvalue weighted by Gasteiger charge is 2.16. The minimum Gasteiger partial charge on any atom is -0.461 e. The molecule has 0 aliphatic carbocycles. The number of esters is 1. The minimum atomic E-state index is -0.547. The molecule has 1 aromatic carbocycles. The molecule has 0 fully saturated rings. The first-order chi connectivity index (χ1) is 9.04. The van der Waals surface area contributed by atoms with Gasteiger partial charge >= 0.3 is 5.97 Å². The summed E-state index contributed by atoms with van der Waals surface area (Å²) in [6.07, 6.45) is 0. The molecule has 19 heavy (non-hydrogen) atoms. The number of hydrogen-bond donors (Lipinski definition) is 2. The Balaban J connectivity index is 2.51. The Kier molecular flexibility index (Phi) is 3.66. The monoisotopic (exact) mass is 278 g/mol. The molecule has 0 spiro atoms. The number of nitrogens with one attached hydrogen (secondary N) is 1. The van der Waals surface area contributed by atoms with Gasteiger partial charge in [0.1, 0.15) is 0 Å². The Hall–Kier alpha value is -2.15. The number of rotatable bonds is 3. The van der Waals surface area contributed by atoms with Crippen LogP contribution >= 0.6 is 12.2 Å². The first-order valence-electron chi connectivity index (χ1n) is 5.75. The van der Waals surface area contributed by atoms with Gasteiger partial charge in [0.25, 0.3) is 0 Å². The van der Waals surface area contributed by atoms with Crippen molar-refractivity contribution in [3.63, 3.8) is 0 Å². The molecule has 0 aliphatic rings. The lowest BCUT2D eigenvalue weighted by molar-refractivity contribution is 0.0518. The molecule has 3 N–H and O–H groups in total. The molecule has 2 aromatic rings. The second kappa shape index (κ2) is 5.23. The predicted molar refractivity (Wildman–Crippen MR) is 73.9 cm³/mol. The maximum atomic E-state index is 11.6. The maximum Gasteiger partial charge on any atom is 0.362 e. The molecule has 0 radical (unpaired) electrons. The van der Waals surface area contributed by atoms with E-state index in [9.17, 15) is 4.79 Å². The first kappa shape index (κ1) is 13.3. The number of nitrogen functional groups attached to an aromatic ring is 1. The average Bonchev–Trinajstić information content (AvgIpc) is 2.74. The zero-order valence-corrected chi connectivity index (χ0v) is 11.5. The van der Waals surface area contributed by atoms with Crippen LogP contribution in [-0.2, 0) is 4.74 Å². The summed E-state index contributed by atoms with van der Waals surface area (Å²) in [4.78, 5) is 11.6. The number of nitrogens with zero attached hydrogens (tertiary/aromatic N) is 2. The quantitative estimate of drug-likeness (QED) is 0.509. The molecule has 1 heterocycles. The smallest absolute Gasteiger partial charge is 0.362 e. The molecule has 0 aliphatic heterocycles. The van der Waals surface area contributed by atoms with Gasteiger partial charge in [-0.1, -0.05) is 18.3 Å². The zero-order chi connectivity index (χ0) is 14.0. The maximum absolute atomic E-state index is 11.6. The van der Waals surface area contributed by atoms with Crippen molar-refractivity contribution in [3.8, 4) is 5.69 Å². The van der Waals surface area contributed by atoms with Gasteiger partial charge in [0, 0.05) is 0 Å². The van der Waals surface area contributed by atoms with E-state index in [1.165, 1.54) is 4.68 Å². The summed E-state index contributed by atoms with van der Waals surface area (Å²) >= 11 is 5.21. The Bertz CT molecular complexity index is 675. The van der Waals surface area contributed by atoms with E-state index in [4.69, 9.17) is 22.7 Å². The van der Waals surface area contributed by atoms with Crippen molar-refractivity contribution in [1.82, 2.24) is 15.0 Å². The molecule has 0 bridgehead atoms. The molecule has 6 nitrogen and oxygen atoms in total. The molecule has 0 amide bonds. The fraction of sp³-hybridized carbons (Fsp3) is 0.250. The van der Waals surface area contributed by atoms with Crippen LogP contribution in [0.4, 0.5) is 5.69 Å². The van der Waals surface area contributed by atoms with E-state index in [1.807, 2.05) is 19.1 Å². The molecule has 7 heteroatoms. The molecule has 0 saturated heterocycles. The topological polar surface area (TPSA) is 85.9 Å². The summed E-state index contributed by atoms with van der Waals surface area (Å²) in [5.41, 5.74) is 8.21. The molecule has 0 unspecified atom stereocenters. The van der Waals surface area contributed by atoms with Crippen molar-refractivity contribution in [2.75, 3.05) is 12.3 Å². The lowest BCUT2D eigenvalue weighted by Crippen LogP contribution is -2.06. The van der Waals surface area contributed by atoms with Crippen molar-refractivity contribution in [3.05, 3.63) is 34.1 Å². The lowest BCUT2D eigenvalue weighted by atomic mass is 10.2. The number of H-pyrrole nitrogens is 1. The number of anilines is 1. The highest BCUT2D eigenvalue weighted by Crippen LogP contribution is 2.19. The summed E-state index contributed by atoms with van der Waals surface area (Å²) in [6.45, 7) is 3.93. The molecule has 0 atom stereocenters. The second-order valence-electron chi connectivity index (χ2n) is 3.98. The summed E-state index contributed by atoms with van der Waals surface area (Å²) in [6, 6.07) is 5.53. The van der Waals surface area contributed by atoms with E-state index in [0.29, 0.717) is 11.4 Å². The van der Waals surface area contributed by atoms with E-state index >= 15 is 0 Å². The summed E-state index contributed by atoms with van der Waals surface area (Å²) in [5.74, 6) is -0.547. The number of hydrogen-bond acceptors (Lipinski definition) is 5. The van der Waals surface area contributed by atoms with Gasteiger partial charge < -0.3 is 10.5 Å². The van der Waals surface area contributed by atoms with Gasteiger partial charge in [-0.05, 0) is 31.5 Å². The fourth-order valence-electron chi connectivity index (χ4n) is 1.64. The minimum absolute atomic E-state index is 0.0813. The van der Waals surface area contributed by atoms with Crippen LogP contribution in [0.1, 0.15) is 23.0 Å². The van der Waals surface area contributed by atoms with Crippen LogP contribution in [0, 0.1) is 11.6 Å². The Morgan fingerprint density at radius 1 is 1.58 bits per heavy atom. The lowest BCUT2D eigenvalue weighted by Gasteiger charge is -2.06. The molecule has 0 saturated carbocycles. The molecular weight excluding hydrogens is 264 g/mol. The van der Waals surface area contributed by atoms with Crippen molar-refractivity contribution >= 4 is 23.9 Å². The summed E-state index contributed by atoms with van der Waals surface area (Å²) in [7, 11) is 0. The number of benzene rings is 1. The zero-order valence-electron chi connectivity index (χ0n) is 10.6. The van der Waals surface area contributed by atoms with E-state index in [-0.39, 0.29) is 16.9 Å².